The lowest BCUT2D eigenvalue weighted by molar-refractivity contribution is -0.469. The summed E-state index contributed by atoms with van der Waals surface area (Å²) < 4.78 is 260. The zero-order valence-corrected chi connectivity index (χ0v) is 26.1. The van der Waals surface area contributed by atoms with Crippen LogP contribution >= 0.6 is 0 Å². The van der Waals surface area contributed by atoms with Crippen LogP contribution in [0.15, 0.2) is 24.3 Å². The molecule has 50 heavy (non-hydrogen) atoms. The second-order valence-corrected chi connectivity index (χ2v) is 13.3. The van der Waals surface area contributed by atoms with Crippen molar-refractivity contribution in [1.82, 2.24) is 0 Å². The highest BCUT2D eigenvalue weighted by molar-refractivity contribution is 5.31. The number of hydrogen-bond acceptors (Lipinski definition) is 0. The number of alkyl halides is 19. The van der Waals surface area contributed by atoms with E-state index < -0.39 is 59.1 Å². The van der Waals surface area contributed by atoms with Gasteiger partial charge in [-0.2, -0.15) is 83.4 Å². The maximum Gasteiger partial charge on any atom is 0.460 e. The largest absolute Gasteiger partial charge is 0.460 e. The molecule has 0 spiro atoms. The Hall–Kier alpha value is -2.11. The molecule has 0 saturated heterocycles. The van der Waals surface area contributed by atoms with E-state index in [9.17, 15) is 83.4 Å². The van der Waals surface area contributed by atoms with Crippen molar-refractivity contribution in [2.24, 2.45) is 17.8 Å². The molecule has 1 aromatic carbocycles. The summed E-state index contributed by atoms with van der Waals surface area (Å²) in [4.78, 5) is 0. The highest BCUT2D eigenvalue weighted by Crippen LogP contribution is 2.66. The number of benzene rings is 1. The minimum atomic E-state index is -8.92. The standard InChI is InChI=1S/C31H33F19/c1-2-17-3-5-18(6-4-17)7-8-19-9-11-20(12-10-19)21-13-15-22(16-14-21)23(32,33)24(34,35)25(36,37)26(38,39)27(40,41)28(42,43)29(44,45)30(46,47)31(48,49)50/h13-20H,2-12H2,1H3/t17-,18-,19-,20-. The third-order valence-corrected chi connectivity index (χ3v) is 10.2. The van der Waals surface area contributed by atoms with Crippen LogP contribution in [0.5, 0.6) is 0 Å². The fourth-order valence-electron chi connectivity index (χ4n) is 6.69. The zero-order chi connectivity index (χ0) is 38.6. The third kappa shape index (κ3) is 6.77. The molecule has 0 amide bonds. The van der Waals surface area contributed by atoms with Crippen LogP contribution in [0.4, 0.5) is 83.4 Å². The van der Waals surface area contributed by atoms with Crippen LogP contribution in [0.1, 0.15) is 94.6 Å². The van der Waals surface area contributed by atoms with Crippen molar-refractivity contribution in [2.75, 3.05) is 0 Å². The van der Waals surface area contributed by atoms with Gasteiger partial charge in [-0.25, -0.2) is 0 Å². The number of hydrogen-bond donors (Lipinski definition) is 0. The van der Waals surface area contributed by atoms with Crippen LogP contribution in [0.3, 0.4) is 0 Å². The SMILES string of the molecule is CC[C@H]1CC[C@H](CC[C@H]2CC[C@H](c3ccc(C(F)(F)C(F)(F)C(F)(F)C(F)(F)C(F)(F)C(F)(F)C(F)(F)C(F)(F)C(F)(F)F)cc3)CC2)CC1. The molecule has 2 fully saturated rings. The Morgan fingerprint density at radius 3 is 1.10 bits per heavy atom. The van der Waals surface area contributed by atoms with Gasteiger partial charge in [0.1, 0.15) is 0 Å². The van der Waals surface area contributed by atoms with Gasteiger partial charge in [-0.3, -0.25) is 0 Å². The molecule has 2 aliphatic carbocycles. The van der Waals surface area contributed by atoms with Gasteiger partial charge in [0.2, 0.25) is 0 Å². The van der Waals surface area contributed by atoms with Crippen molar-refractivity contribution in [3.05, 3.63) is 35.4 Å². The van der Waals surface area contributed by atoms with Gasteiger partial charge in [0.25, 0.3) is 0 Å². The van der Waals surface area contributed by atoms with Crippen LogP contribution in [-0.2, 0) is 5.92 Å². The molecule has 0 unspecified atom stereocenters. The van der Waals surface area contributed by atoms with Gasteiger partial charge in [0, 0.05) is 5.56 Å². The predicted octanol–water partition coefficient (Wildman–Crippen LogP) is 13.1. The van der Waals surface area contributed by atoms with E-state index >= 15 is 0 Å². The second-order valence-electron chi connectivity index (χ2n) is 13.3. The van der Waals surface area contributed by atoms with E-state index in [-0.39, 0.29) is 23.6 Å². The summed E-state index contributed by atoms with van der Waals surface area (Å²) in [5.41, 5.74) is -2.04. The summed E-state index contributed by atoms with van der Waals surface area (Å²) in [6, 6.07) is 1.49. The normalized spacial score (nSPS) is 24.4. The van der Waals surface area contributed by atoms with Gasteiger partial charge in [-0.1, -0.05) is 76.1 Å². The third-order valence-electron chi connectivity index (χ3n) is 10.2. The lowest BCUT2D eigenvalue weighted by Crippen LogP contribution is -2.75. The first-order chi connectivity index (χ1) is 22.5. The van der Waals surface area contributed by atoms with E-state index in [0.717, 1.165) is 50.2 Å². The van der Waals surface area contributed by atoms with Gasteiger partial charge in [-0.05, 0) is 54.9 Å². The molecule has 0 aromatic heterocycles. The number of halogens is 19. The van der Waals surface area contributed by atoms with Gasteiger partial charge in [0.05, 0.1) is 0 Å². The summed E-state index contributed by atoms with van der Waals surface area (Å²) in [6.07, 6.45) is 2.19. The predicted molar refractivity (Wildman–Crippen MR) is 141 cm³/mol. The van der Waals surface area contributed by atoms with Gasteiger partial charge in [0.15, 0.2) is 0 Å². The van der Waals surface area contributed by atoms with Crippen LogP contribution in [-0.4, -0.2) is 47.6 Å². The van der Waals surface area contributed by atoms with Gasteiger partial charge >= 0.3 is 53.6 Å². The highest BCUT2D eigenvalue weighted by Gasteiger charge is 2.96. The maximum atomic E-state index is 14.7. The Morgan fingerprint density at radius 1 is 0.420 bits per heavy atom. The van der Waals surface area contributed by atoms with Crippen molar-refractivity contribution >= 4 is 0 Å². The second kappa shape index (κ2) is 13.7. The molecule has 1 aromatic rings. The molecule has 0 bridgehead atoms. The molecule has 0 heterocycles. The molecule has 3 rings (SSSR count). The average Bonchev–Trinajstić information content (AvgIpc) is 3.03. The summed E-state index contributed by atoms with van der Waals surface area (Å²) >= 11 is 0. The Labute approximate surface area is 274 Å². The lowest BCUT2D eigenvalue weighted by Gasteiger charge is -2.43. The summed E-state index contributed by atoms with van der Waals surface area (Å²) in [5.74, 6) is -65.3. The Kier molecular flexibility index (Phi) is 11.6. The van der Waals surface area contributed by atoms with Crippen molar-refractivity contribution in [3.8, 4) is 0 Å². The Morgan fingerprint density at radius 2 is 0.740 bits per heavy atom. The fraction of sp³-hybridized carbons (Fsp3) is 0.806. The van der Waals surface area contributed by atoms with Crippen molar-refractivity contribution < 1.29 is 83.4 Å². The smallest absolute Gasteiger partial charge is 0.194 e. The first-order valence-corrected chi connectivity index (χ1v) is 15.6. The monoisotopic (exact) mass is 766 g/mol. The molecular weight excluding hydrogens is 733 g/mol. The van der Waals surface area contributed by atoms with E-state index in [1.807, 2.05) is 0 Å². The quantitative estimate of drug-likeness (QED) is 0.175. The Bertz CT molecular complexity index is 1270. The lowest BCUT2D eigenvalue weighted by atomic mass is 9.74. The van der Waals surface area contributed by atoms with Crippen molar-refractivity contribution in [2.45, 2.75) is 137 Å². The van der Waals surface area contributed by atoms with Crippen LogP contribution < -0.4 is 0 Å². The van der Waals surface area contributed by atoms with Gasteiger partial charge in [-0.15, -0.1) is 0 Å². The van der Waals surface area contributed by atoms with E-state index in [2.05, 4.69) is 6.92 Å². The molecule has 290 valence electrons. The first kappa shape index (κ1) is 42.3. The molecule has 2 saturated carbocycles. The van der Waals surface area contributed by atoms with E-state index in [1.165, 1.54) is 12.8 Å². The van der Waals surface area contributed by atoms with Crippen LogP contribution in [0.25, 0.3) is 0 Å². The first-order valence-electron chi connectivity index (χ1n) is 15.6. The minimum Gasteiger partial charge on any atom is -0.194 e. The maximum absolute atomic E-state index is 14.7. The topological polar surface area (TPSA) is 0 Å². The molecule has 0 atom stereocenters. The highest BCUT2D eigenvalue weighted by atomic mass is 19.4. The fourth-order valence-corrected chi connectivity index (χ4v) is 6.69. The molecule has 0 radical (unpaired) electrons. The van der Waals surface area contributed by atoms with E-state index in [4.69, 9.17) is 0 Å². The van der Waals surface area contributed by atoms with Crippen molar-refractivity contribution in [1.29, 1.82) is 0 Å². The molecule has 2 aliphatic rings. The zero-order valence-electron chi connectivity index (χ0n) is 26.1. The summed E-state index contributed by atoms with van der Waals surface area (Å²) in [7, 11) is 0. The molecule has 19 heteroatoms. The van der Waals surface area contributed by atoms with E-state index in [0.29, 0.717) is 37.5 Å². The summed E-state index contributed by atoms with van der Waals surface area (Å²) in [6.45, 7) is 2.15. The molecular formula is C31H33F19. The van der Waals surface area contributed by atoms with Gasteiger partial charge < -0.3 is 0 Å². The van der Waals surface area contributed by atoms with Crippen molar-refractivity contribution in [3.63, 3.8) is 0 Å². The van der Waals surface area contributed by atoms with Crippen LogP contribution in [0.2, 0.25) is 0 Å². The molecule has 0 N–H and O–H groups in total. The summed E-state index contributed by atoms with van der Waals surface area (Å²) in [5, 5.41) is 0. The average molecular weight is 767 g/mol. The molecule has 0 aliphatic heterocycles. The Balaban J connectivity index is 1.77. The number of rotatable bonds is 13. The molecule has 0 nitrogen and oxygen atoms in total. The minimum absolute atomic E-state index is 0.0287. The van der Waals surface area contributed by atoms with Crippen LogP contribution in [0, 0.1) is 17.8 Å². The van der Waals surface area contributed by atoms with E-state index in [1.54, 1.807) is 0 Å².